The van der Waals surface area contributed by atoms with E-state index in [0.29, 0.717) is 6.54 Å². The van der Waals surface area contributed by atoms with Crippen LogP contribution in [0.4, 0.5) is 0 Å². The van der Waals surface area contributed by atoms with E-state index in [1.165, 1.54) is 0 Å². The van der Waals surface area contributed by atoms with E-state index in [1.54, 1.807) is 4.90 Å². The summed E-state index contributed by atoms with van der Waals surface area (Å²) in [7, 11) is 3.89. The van der Waals surface area contributed by atoms with Crippen LogP contribution >= 0.6 is 0 Å². The number of carbonyl (C=O) groups is 2. The summed E-state index contributed by atoms with van der Waals surface area (Å²) in [4.78, 5) is 27.2. The quantitative estimate of drug-likeness (QED) is 0.619. The first kappa shape index (κ1) is 16.9. The standard InChI is InChI=1S/C13H27N3O2/c1-5-8-16(9-6-2)13(18)11-12(17)14-7-10-15(3)4/h5-11H2,1-4H3,(H,14,17). The summed E-state index contributed by atoms with van der Waals surface area (Å²) in [6.07, 6.45) is 1.81. The van der Waals surface area contributed by atoms with Crippen molar-refractivity contribution in [3.63, 3.8) is 0 Å². The van der Waals surface area contributed by atoms with Crippen molar-refractivity contribution >= 4 is 11.8 Å². The lowest BCUT2D eigenvalue weighted by Gasteiger charge is -2.21. The van der Waals surface area contributed by atoms with E-state index in [4.69, 9.17) is 0 Å². The third kappa shape index (κ3) is 8.06. The lowest BCUT2D eigenvalue weighted by atomic mass is 10.3. The van der Waals surface area contributed by atoms with Crippen LogP contribution in [0.15, 0.2) is 0 Å². The largest absolute Gasteiger partial charge is 0.354 e. The van der Waals surface area contributed by atoms with E-state index >= 15 is 0 Å². The lowest BCUT2D eigenvalue weighted by molar-refractivity contribution is -0.136. The van der Waals surface area contributed by atoms with Crippen LogP contribution in [0.25, 0.3) is 0 Å². The summed E-state index contributed by atoms with van der Waals surface area (Å²) < 4.78 is 0. The first-order valence-electron chi connectivity index (χ1n) is 6.70. The van der Waals surface area contributed by atoms with Crippen LogP contribution in [-0.2, 0) is 9.59 Å². The Balaban J connectivity index is 3.99. The molecule has 0 saturated carbocycles. The minimum Gasteiger partial charge on any atom is -0.354 e. The lowest BCUT2D eigenvalue weighted by Crippen LogP contribution is -2.38. The Hall–Kier alpha value is -1.10. The zero-order chi connectivity index (χ0) is 14.0. The molecule has 5 nitrogen and oxygen atoms in total. The Labute approximate surface area is 111 Å². The molecule has 106 valence electrons. The van der Waals surface area contributed by atoms with E-state index in [9.17, 15) is 9.59 Å². The molecule has 0 saturated heterocycles. The molecule has 0 aliphatic heterocycles. The van der Waals surface area contributed by atoms with Gasteiger partial charge in [0.25, 0.3) is 0 Å². The molecule has 0 bridgehead atoms. The van der Waals surface area contributed by atoms with Crippen molar-refractivity contribution in [3.05, 3.63) is 0 Å². The van der Waals surface area contributed by atoms with Gasteiger partial charge in [-0.3, -0.25) is 9.59 Å². The zero-order valence-electron chi connectivity index (χ0n) is 12.2. The van der Waals surface area contributed by atoms with Gasteiger partial charge in [-0.2, -0.15) is 0 Å². The van der Waals surface area contributed by atoms with E-state index < -0.39 is 0 Å². The first-order chi connectivity index (χ1) is 8.51. The predicted octanol–water partition coefficient (Wildman–Crippen LogP) is 0.703. The highest BCUT2D eigenvalue weighted by atomic mass is 16.2. The van der Waals surface area contributed by atoms with Crippen LogP contribution < -0.4 is 5.32 Å². The van der Waals surface area contributed by atoms with Gasteiger partial charge in [0.05, 0.1) is 0 Å². The number of rotatable bonds is 9. The fraction of sp³-hybridized carbons (Fsp3) is 0.846. The highest BCUT2D eigenvalue weighted by Gasteiger charge is 2.15. The predicted molar refractivity (Wildman–Crippen MR) is 73.3 cm³/mol. The van der Waals surface area contributed by atoms with Crippen LogP contribution in [0.2, 0.25) is 0 Å². The topological polar surface area (TPSA) is 52.7 Å². The Kier molecular flexibility index (Phi) is 9.28. The van der Waals surface area contributed by atoms with Gasteiger partial charge in [0, 0.05) is 26.2 Å². The number of carbonyl (C=O) groups excluding carboxylic acids is 2. The van der Waals surface area contributed by atoms with Crippen molar-refractivity contribution in [2.45, 2.75) is 33.1 Å². The van der Waals surface area contributed by atoms with Gasteiger partial charge in [0.1, 0.15) is 6.42 Å². The Morgan fingerprint density at radius 1 is 1.00 bits per heavy atom. The minimum atomic E-state index is -0.181. The summed E-state index contributed by atoms with van der Waals surface area (Å²) in [5.74, 6) is -0.250. The van der Waals surface area contributed by atoms with E-state index in [2.05, 4.69) is 5.32 Å². The van der Waals surface area contributed by atoms with Crippen LogP contribution in [0.3, 0.4) is 0 Å². The average molecular weight is 257 g/mol. The van der Waals surface area contributed by atoms with Gasteiger partial charge < -0.3 is 15.1 Å². The van der Waals surface area contributed by atoms with Crippen molar-refractivity contribution in [1.29, 1.82) is 0 Å². The molecule has 2 amide bonds. The van der Waals surface area contributed by atoms with Crippen molar-refractivity contribution in [1.82, 2.24) is 15.1 Å². The van der Waals surface area contributed by atoms with Crippen LogP contribution in [0, 0.1) is 0 Å². The third-order valence-electron chi connectivity index (χ3n) is 2.53. The summed E-state index contributed by atoms with van der Waals surface area (Å²) in [6.45, 7) is 6.91. The zero-order valence-corrected chi connectivity index (χ0v) is 12.2. The molecule has 0 unspecified atom stereocenters. The highest BCUT2D eigenvalue weighted by molar-refractivity contribution is 5.96. The van der Waals surface area contributed by atoms with Gasteiger partial charge in [-0.25, -0.2) is 0 Å². The number of nitrogens with zero attached hydrogens (tertiary/aromatic N) is 2. The van der Waals surface area contributed by atoms with Crippen molar-refractivity contribution in [2.75, 3.05) is 40.3 Å². The SMILES string of the molecule is CCCN(CCC)C(=O)CC(=O)NCCN(C)C. The molecule has 0 aliphatic carbocycles. The van der Waals surface area contributed by atoms with Gasteiger partial charge in [-0.1, -0.05) is 13.8 Å². The second-order valence-corrected chi connectivity index (χ2v) is 4.71. The average Bonchev–Trinajstić information content (AvgIpc) is 2.28. The number of amides is 2. The van der Waals surface area contributed by atoms with Crippen molar-refractivity contribution < 1.29 is 9.59 Å². The molecular formula is C13H27N3O2. The fourth-order valence-corrected chi connectivity index (χ4v) is 1.63. The summed E-state index contributed by atoms with van der Waals surface area (Å²) >= 11 is 0. The maximum Gasteiger partial charge on any atom is 0.232 e. The molecule has 0 rings (SSSR count). The molecule has 0 radical (unpaired) electrons. The maximum absolute atomic E-state index is 11.9. The highest BCUT2D eigenvalue weighted by Crippen LogP contribution is 1.98. The number of nitrogens with one attached hydrogen (secondary N) is 1. The molecule has 0 heterocycles. The number of likely N-dealkylation sites (N-methyl/N-ethyl adjacent to an activating group) is 1. The van der Waals surface area contributed by atoms with E-state index in [1.807, 2.05) is 32.8 Å². The number of hydrogen-bond donors (Lipinski definition) is 1. The molecule has 0 aromatic heterocycles. The molecule has 5 heteroatoms. The van der Waals surface area contributed by atoms with Gasteiger partial charge >= 0.3 is 0 Å². The molecule has 0 aromatic carbocycles. The summed E-state index contributed by atoms with van der Waals surface area (Å²) in [5, 5.41) is 2.76. The number of hydrogen-bond acceptors (Lipinski definition) is 3. The van der Waals surface area contributed by atoms with Gasteiger partial charge in [0.15, 0.2) is 0 Å². The Bertz CT molecular complexity index is 249. The van der Waals surface area contributed by atoms with Gasteiger partial charge in [-0.15, -0.1) is 0 Å². The second-order valence-electron chi connectivity index (χ2n) is 4.71. The minimum absolute atomic E-state index is 0.0343. The molecule has 0 atom stereocenters. The third-order valence-corrected chi connectivity index (χ3v) is 2.53. The maximum atomic E-state index is 11.9. The van der Waals surface area contributed by atoms with Crippen LogP contribution in [-0.4, -0.2) is 61.9 Å². The fourth-order valence-electron chi connectivity index (χ4n) is 1.63. The normalized spacial score (nSPS) is 10.5. The summed E-state index contributed by atoms with van der Waals surface area (Å²) in [6, 6.07) is 0. The molecule has 1 N–H and O–H groups in total. The molecule has 0 aliphatic rings. The second kappa shape index (κ2) is 9.88. The molecular weight excluding hydrogens is 230 g/mol. The van der Waals surface area contributed by atoms with E-state index in [0.717, 1.165) is 32.5 Å². The van der Waals surface area contributed by atoms with Gasteiger partial charge in [0.2, 0.25) is 11.8 Å². The van der Waals surface area contributed by atoms with Crippen molar-refractivity contribution in [2.24, 2.45) is 0 Å². The van der Waals surface area contributed by atoms with Crippen molar-refractivity contribution in [3.8, 4) is 0 Å². The Morgan fingerprint density at radius 3 is 2.00 bits per heavy atom. The molecule has 0 fully saturated rings. The molecule has 18 heavy (non-hydrogen) atoms. The van der Waals surface area contributed by atoms with Crippen LogP contribution in [0.5, 0.6) is 0 Å². The van der Waals surface area contributed by atoms with Crippen LogP contribution in [0.1, 0.15) is 33.1 Å². The first-order valence-corrected chi connectivity index (χ1v) is 6.70. The molecule has 0 aromatic rings. The summed E-state index contributed by atoms with van der Waals surface area (Å²) in [5.41, 5.74) is 0. The van der Waals surface area contributed by atoms with Gasteiger partial charge in [-0.05, 0) is 26.9 Å². The molecule has 0 spiro atoms. The Morgan fingerprint density at radius 2 is 1.56 bits per heavy atom. The van der Waals surface area contributed by atoms with E-state index in [-0.39, 0.29) is 18.2 Å². The smallest absolute Gasteiger partial charge is 0.232 e. The monoisotopic (exact) mass is 257 g/mol.